The molecule has 0 spiro atoms. The lowest BCUT2D eigenvalue weighted by molar-refractivity contribution is 0.237. The van der Waals surface area contributed by atoms with Crippen LogP contribution in [0.2, 0.25) is 0 Å². The first-order valence-corrected chi connectivity index (χ1v) is 9.53. The monoisotopic (exact) mass is 435 g/mol. The largest absolute Gasteiger partial charge is 0.399 e. The van der Waals surface area contributed by atoms with Crippen molar-refractivity contribution in [3.05, 3.63) is 40.0 Å². The quantitative estimate of drug-likeness (QED) is 0.531. The van der Waals surface area contributed by atoms with E-state index in [4.69, 9.17) is 5.73 Å². The average Bonchev–Trinajstić information content (AvgIpc) is 2.86. The van der Waals surface area contributed by atoms with E-state index in [1.165, 1.54) is 12.1 Å². The highest BCUT2D eigenvalue weighted by molar-refractivity contribution is 14.1. The molecule has 1 unspecified atom stereocenters. The Kier molecular flexibility index (Phi) is 5.45. The van der Waals surface area contributed by atoms with Crippen molar-refractivity contribution in [1.82, 2.24) is 9.55 Å². The summed E-state index contributed by atoms with van der Waals surface area (Å²) < 4.78 is 27.5. The molecule has 1 heterocycles. The SMILES string of the molecule is CCc1nc(I)cn1C(CO)CS(=O)(=O)c1ccc(N)cc1. The van der Waals surface area contributed by atoms with Crippen molar-refractivity contribution in [3.8, 4) is 0 Å². The minimum atomic E-state index is -3.52. The van der Waals surface area contributed by atoms with Gasteiger partial charge in [-0.25, -0.2) is 13.4 Å². The molecule has 0 amide bonds. The molecule has 0 aliphatic carbocycles. The number of benzene rings is 1. The van der Waals surface area contributed by atoms with Gasteiger partial charge in [0.2, 0.25) is 0 Å². The van der Waals surface area contributed by atoms with Gasteiger partial charge in [0.15, 0.2) is 9.84 Å². The molecule has 22 heavy (non-hydrogen) atoms. The number of aryl methyl sites for hydroxylation is 1. The van der Waals surface area contributed by atoms with Crippen LogP contribution in [-0.2, 0) is 16.3 Å². The summed E-state index contributed by atoms with van der Waals surface area (Å²) >= 11 is 2.07. The number of anilines is 1. The van der Waals surface area contributed by atoms with Crippen LogP contribution in [0.25, 0.3) is 0 Å². The fraction of sp³-hybridized carbons (Fsp3) is 0.357. The number of imidazole rings is 1. The molecule has 1 aromatic carbocycles. The summed E-state index contributed by atoms with van der Waals surface area (Å²) in [6.07, 6.45) is 2.43. The van der Waals surface area contributed by atoms with E-state index in [1.807, 2.05) is 6.92 Å². The predicted molar refractivity (Wildman–Crippen MR) is 93.4 cm³/mol. The molecule has 0 saturated heterocycles. The number of nitrogen functional groups attached to an aromatic ring is 1. The van der Waals surface area contributed by atoms with Gasteiger partial charge in [-0.3, -0.25) is 0 Å². The Hall–Kier alpha value is -1.13. The highest BCUT2D eigenvalue weighted by Crippen LogP contribution is 2.21. The molecule has 1 atom stereocenters. The highest BCUT2D eigenvalue weighted by atomic mass is 127. The van der Waals surface area contributed by atoms with Crippen LogP contribution < -0.4 is 5.73 Å². The van der Waals surface area contributed by atoms with E-state index < -0.39 is 15.9 Å². The van der Waals surface area contributed by atoms with Crippen molar-refractivity contribution in [2.45, 2.75) is 24.3 Å². The lowest BCUT2D eigenvalue weighted by Crippen LogP contribution is -2.24. The Morgan fingerprint density at radius 2 is 2.00 bits per heavy atom. The van der Waals surface area contributed by atoms with Crippen LogP contribution in [0.3, 0.4) is 0 Å². The summed E-state index contributed by atoms with van der Waals surface area (Å²) in [4.78, 5) is 4.54. The molecule has 6 nitrogen and oxygen atoms in total. The van der Waals surface area contributed by atoms with E-state index in [2.05, 4.69) is 27.6 Å². The van der Waals surface area contributed by atoms with Crippen LogP contribution in [0.1, 0.15) is 18.8 Å². The minimum Gasteiger partial charge on any atom is -0.399 e. The van der Waals surface area contributed by atoms with Crippen LogP contribution in [0.5, 0.6) is 0 Å². The highest BCUT2D eigenvalue weighted by Gasteiger charge is 2.24. The number of nitrogens with two attached hydrogens (primary N) is 1. The Morgan fingerprint density at radius 3 is 2.55 bits per heavy atom. The summed E-state index contributed by atoms with van der Waals surface area (Å²) in [6.45, 7) is 1.67. The predicted octanol–water partition coefficient (Wildman–Crippen LogP) is 1.64. The number of sulfone groups is 1. The Bertz CT molecular complexity index is 741. The van der Waals surface area contributed by atoms with Gasteiger partial charge < -0.3 is 15.4 Å². The summed E-state index contributed by atoms with van der Waals surface area (Å²) in [5.74, 6) is 0.573. The third kappa shape index (κ3) is 3.79. The first-order valence-electron chi connectivity index (χ1n) is 6.79. The Balaban J connectivity index is 2.31. The third-order valence-electron chi connectivity index (χ3n) is 3.35. The summed E-state index contributed by atoms with van der Waals surface area (Å²) in [6, 6.07) is 5.51. The normalized spacial score (nSPS) is 13.2. The van der Waals surface area contributed by atoms with Crippen LogP contribution in [0, 0.1) is 3.70 Å². The van der Waals surface area contributed by atoms with Crippen LogP contribution in [-0.4, -0.2) is 35.4 Å². The van der Waals surface area contributed by atoms with Crippen LogP contribution in [0.4, 0.5) is 5.69 Å². The molecule has 1 aromatic heterocycles. The van der Waals surface area contributed by atoms with Crippen molar-refractivity contribution >= 4 is 38.1 Å². The van der Waals surface area contributed by atoms with Gasteiger partial charge >= 0.3 is 0 Å². The number of aromatic nitrogens is 2. The number of halogens is 1. The van der Waals surface area contributed by atoms with Crippen molar-refractivity contribution in [3.63, 3.8) is 0 Å². The van der Waals surface area contributed by atoms with Crippen molar-refractivity contribution in [2.24, 2.45) is 0 Å². The molecule has 2 aromatic rings. The lowest BCUT2D eigenvalue weighted by Gasteiger charge is -2.18. The molecule has 0 aliphatic rings. The van der Waals surface area contributed by atoms with Gasteiger partial charge in [0, 0.05) is 18.3 Å². The molecular formula is C14H18IN3O3S. The van der Waals surface area contributed by atoms with Crippen molar-refractivity contribution < 1.29 is 13.5 Å². The second-order valence-electron chi connectivity index (χ2n) is 4.93. The summed E-state index contributed by atoms with van der Waals surface area (Å²) in [7, 11) is -3.52. The van der Waals surface area contributed by atoms with Gasteiger partial charge in [-0.2, -0.15) is 0 Å². The second kappa shape index (κ2) is 6.97. The minimum absolute atomic E-state index is 0.188. The fourth-order valence-electron chi connectivity index (χ4n) is 2.22. The average molecular weight is 435 g/mol. The van der Waals surface area contributed by atoms with E-state index in [9.17, 15) is 13.5 Å². The van der Waals surface area contributed by atoms with E-state index in [-0.39, 0.29) is 17.3 Å². The van der Waals surface area contributed by atoms with Gasteiger partial charge in [0.25, 0.3) is 0 Å². The standard InChI is InChI=1S/C14H18IN3O3S/c1-2-14-17-13(15)7-18(14)11(8-19)9-22(20,21)12-5-3-10(16)4-6-12/h3-7,11,19H,2,8-9,16H2,1H3. The van der Waals surface area contributed by atoms with Gasteiger partial charge in [0.05, 0.1) is 23.3 Å². The number of aliphatic hydroxyl groups excluding tert-OH is 1. The third-order valence-corrected chi connectivity index (χ3v) is 5.68. The molecular weight excluding hydrogens is 417 g/mol. The van der Waals surface area contributed by atoms with E-state index >= 15 is 0 Å². The molecule has 0 aliphatic heterocycles. The molecule has 0 bridgehead atoms. The van der Waals surface area contributed by atoms with Crippen molar-refractivity contribution in [2.75, 3.05) is 18.1 Å². The topological polar surface area (TPSA) is 98.2 Å². The summed E-state index contributed by atoms with van der Waals surface area (Å²) in [5.41, 5.74) is 6.09. The van der Waals surface area contributed by atoms with Crippen LogP contribution in [0.15, 0.2) is 35.4 Å². The number of rotatable bonds is 6. The first kappa shape index (κ1) is 17.2. The van der Waals surface area contributed by atoms with Gasteiger partial charge in [0.1, 0.15) is 9.53 Å². The number of hydrogen-bond acceptors (Lipinski definition) is 5. The zero-order valence-corrected chi connectivity index (χ0v) is 15.1. The van der Waals surface area contributed by atoms with Gasteiger partial charge in [-0.05, 0) is 46.9 Å². The zero-order valence-electron chi connectivity index (χ0n) is 12.1. The number of nitrogens with zero attached hydrogens (tertiary/aromatic N) is 2. The smallest absolute Gasteiger partial charge is 0.180 e. The molecule has 120 valence electrons. The molecule has 3 N–H and O–H groups in total. The summed E-state index contributed by atoms with van der Waals surface area (Å²) in [5, 5.41) is 9.63. The molecule has 0 saturated carbocycles. The van der Waals surface area contributed by atoms with Gasteiger partial charge in [-0.1, -0.05) is 6.92 Å². The Labute approximate surface area is 143 Å². The maximum Gasteiger partial charge on any atom is 0.180 e. The van der Waals surface area contributed by atoms with E-state index in [0.717, 1.165) is 9.53 Å². The molecule has 0 radical (unpaired) electrons. The first-order chi connectivity index (χ1) is 10.4. The van der Waals surface area contributed by atoms with E-state index in [1.54, 1.807) is 22.9 Å². The molecule has 0 fully saturated rings. The Morgan fingerprint density at radius 1 is 1.36 bits per heavy atom. The van der Waals surface area contributed by atoms with Crippen molar-refractivity contribution in [1.29, 1.82) is 0 Å². The number of aliphatic hydroxyl groups is 1. The zero-order chi connectivity index (χ0) is 16.3. The maximum atomic E-state index is 12.5. The van der Waals surface area contributed by atoms with Gasteiger partial charge in [-0.15, -0.1) is 0 Å². The lowest BCUT2D eigenvalue weighted by atomic mass is 10.3. The van der Waals surface area contributed by atoms with Crippen LogP contribution >= 0.6 is 22.6 Å². The molecule has 2 rings (SSSR count). The second-order valence-corrected chi connectivity index (χ2v) is 8.07. The maximum absolute atomic E-state index is 12.5. The fourth-order valence-corrected chi connectivity index (χ4v) is 4.32. The number of hydrogen-bond donors (Lipinski definition) is 2. The van der Waals surface area contributed by atoms with E-state index in [0.29, 0.717) is 12.1 Å². The molecule has 8 heteroatoms.